The molecule has 1 N–H and O–H groups in total. The molecular formula is C19H29N3O3. The van der Waals surface area contributed by atoms with E-state index in [-0.39, 0.29) is 11.9 Å². The van der Waals surface area contributed by atoms with E-state index < -0.39 is 0 Å². The van der Waals surface area contributed by atoms with Crippen molar-refractivity contribution in [3.63, 3.8) is 0 Å². The highest BCUT2D eigenvalue weighted by molar-refractivity contribution is 5.96. The summed E-state index contributed by atoms with van der Waals surface area (Å²) in [6, 6.07) is 3.80. The Labute approximate surface area is 150 Å². The van der Waals surface area contributed by atoms with Crippen LogP contribution in [0.3, 0.4) is 0 Å². The zero-order chi connectivity index (χ0) is 18.4. The minimum Gasteiger partial charge on any atom is -0.494 e. The van der Waals surface area contributed by atoms with E-state index in [4.69, 9.17) is 4.74 Å². The molecule has 2 rings (SSSR count). The zero-order valence-corrected chi connectivity index (χ0v) is 15.7. The van der Waals surface area contributed by atoms with Crippen LogP contribution in [0.4, 0.5) is 4.79 Å². The van der Waals surface area contributed by atoms with Crippen LogP contribution in [0.25, 0.3) is 0 Å². The Balaban J connectivity index is 2.01. The summed E-state index contributed by atoms with van der Waals surface area (Å²) in [6.07, 6.45) is 0.917. The number of rotatable bonds is 5. The largest absolute Gasteiger partial charge is 0.494 e. The third kappa shape index (κ3) is 4.65. The van der Waals surface area contributed by atoms with Gasteiger partial charge in [0.1, 0.15) is 5.75 Å². The molecule has 6 nitrogen and oxygen atoms in total. The van der Waals surface area contributed by atoms with Crippen LogP contribution in [0, 0.1) is 13.8 Å². The molecule has 0 saturated carbocycles. The molecule has 1 aromatic carbocycles. The summed E-state index contributed by atoms with van der Waals surface area (Å²) in [6.45, 7) is 11.4. The van der Waals surface area contributed by atoms with E-state index in [1.54, 1.807) is 4.90 Å². The molecule has 138 valence electrons. The van der Waals surface area contributed by atoms with Gasteiger partial charge in [0.05, 0.1) is 6.61 Å². The third-order valence-electron chi connectivity index (χ3n) is 4.43. The van der Waals surface area contributed by atoms with Gasteiger partial charge in [0.2, 0.25) is 0 Å². The standard InChI is InChI=1S/C19H29N3O3/c1-5-7-20-19(24)22-10-8-21(9-11-22)18(23)16-12-15(4)17(25-6-2)13-14(16)3/h12-13H,5-11H2,1-4H3,(H,20,24). The van der Waals surface area contributed by atoms with Crippen LogP contribution >= 0.6 is 0 Å². The maximum Gasteiger partial charge on any atom is 0.317 e. The van der Waals surface area contributed by atoms with Gasteiger partial charge in [-0.05, 0) is 50.5 Å². The van der Waals surface area contributed by atoms with Crippen LogP contribution in [0.2, 0.25) is 0 Å². The molecule has 0 atom stereocenters. The fraction of sp³-hybridized carbons (Fsp3) is 0.579. The number of piperazine rings is 1. The predicted octanol–water partition coefficient (Wildman–Crippen LogP) is 2.58. The molecule has 1 aliphatic heterocycles. The Bertz CT molecular complexity index is 623. The second-order valence-corrected chi connectivity index (χ2v) is 6.38. The fourth-order valence-corrected chi connectivity index (χ4v) is 2.96. The van der Waals surface area contributed by atoms with Gasteiger partial charge in [-0.1, -0.05) is 6.92 Å². The summed E-state index contributed by atoms with van der Waals surface area (Å²) in [7, 11) is 0. The monoisotopic (exact) mass is 347 g/mol. The predicted molar refractivity (Wildman–Crippen MR) is 98.3 cm³/mol. The number of nitrogens with zero attached hydrogens (tertiary/aromatic N) is 2. The number of aryl methyl sites for hydroxylation is 2. The first-order valence-electron chi connectivity index (χ1n) is 9.04. The van der Waals surface area contributed by atoms with E-state index in [0.29, 0.717) is 44.9 Å². The summed E-state index contributed by atoms with van der Waals surface area (Å²) in [4.78, 5) is 28.5. The summed E-state index contributed by atoms with van der Waals surface area (Å²) in [5, 5.41) is 2.88. The first-order chi connectivity index (χ1) is 12.0. The summed E-state index contributed by atoms with van der Waals surface area (Å²) >= 11 is 0. The molecule has 0 aromatic heterocycles. The molecule has 0 bridgehead atoms. The molecule has 1 saturated heterocycles. The summed E-state index contributed by atoms with van der Waals surface area (Å²) < 4.78 is 5.59. The van der Waals surface area contributed by atoms with Crippen molar-refractivity contribution in [2.24, 2.45) is 0 Å². The molecule has 25 heavy (non-hydrogen) atoms. The molecular weight excluding hydrogens is 318 g/mol. The van der Waals surface area contributed by atoms with Gasteiger partial charge in [0.15, 0.2) is 0 Å². The maximum absolute atomic E-state index is 12.9. The summed E-state index contributed by atoms with van der Waals surface area (Å²) in [5.74, 6) is 0.853. The normalized spacial score (nSPS) is 14.4. The van der Waals surface area contributed by atoms with Crippen molar-refractivity contribution in [3.05, 3.63) is 28.8 Å². The van der Waals surface area contributed by atoms with Crippen LogP contribution in [0.5, 0.6) is 5.75 Å². The Morgan fingerprint density at radius 1 is 1.04 bits per heavy atom. The van der Waals surface area contributed by atoms with E-state index in [0.717, 1.165) is 23.3 Å². The molecule has 1 fully saturated rings. The fourth-order valence-electron chi connectivity index (χ4n) is 2.96. The van der Waals surface area contributed by atoms with Crippen molar-refractivity contribution >= 4 is 11.9 Å². The molecule has 0 unspecified atom stereocenters. The van der Waals surface area contributed by atoms with Crippen LogP contribution in [0.1, 0.15) is 41.8 Å². The first kappa shape index (κ1) is 19.1. The van der Waals surface area contributed by atoms with Crippen molar-refractivity contribution in [1.82, 2.24) is 15.1 Å². The lowest BCUT2D eigenvalue weighted by Gasteiger charge is -2.35. The van der Waals surface area contributed by atoms with E-state index in [9.17, 15) is 9.59 Å². The maximum atomic E-state index is 12.9. The van der Waals surface area contributed by atoms with E-state index in [1.807, 2.05) is 44.7 Å². The molecule has 6 heteroatoms. The van der Waals surface area contributed by atoms with Gasteiger partial charge < -0.3 is 19.9 Å². The molecule has 3 amide bonds. The van der Waals surface area contributed by atoms with Gasteiger partial charge in [-0.25, -0.2) is 4.79 Å². The Kier molecular flexibility index (Phi) is 6.67. The van der Waals surface area contributed by atoms with Gasteiger partial charge in [0.25, 0.3) is 5.91 Å². The number of nitrogens with one attached hydrogen (secondary N) is 1. The molecule has 0 spiro atoms. The van der Waals surface area contributed by atoms with Gasteiger partial charge in [-0.15, -0.1) is 0 Å². The highest BCUT2D eigenvalue weighted by Gasteiger charge is 2.25. The van der Waals surface area contributed by atoms with E-state index in [1.165, 1.54) is 0 Å². The highest BCUT2D eigenvalue weighted by atomic mass is 16.5. The molecule has 0 radical (unpaired) electrons. The molecule has 0 aliphatic carbocycles. The number of hydrogen-bond donors (Lipinski definition) is 1. The van der Waals surface area contributed by atoms with Gasteiger partial charge in [-0.2, -0.15) is 0 Å². The average molecular weight is 347 g/mol. The Morgan fingerprint density at radius 2 is 1.68 bits per heavy atom. The van der Waals surface area contributed by atoms with Gasteiger partial charge in [0, 0.05) is 38.3 Å². The Morgan fingerprint density at radius 3 is 2.28 bits per heavy atom. The van der Waals surface area contributed by atoms with Gasteiger partial charge >= 0.3 is 6.03 Å². The van der Waals surface area contributed by atoms with Crippen molar-refractivity contribution in [3.8, 4) is 5.75 Å². The lowest BCUT2D eigenvalue weighted by molar-refractivity contribution is 0.0664. The van der Waals surface area contributed by atoms with Crippen LogP contribution in [-0.4, -0.2) is 61.1 Å². The topological polar surface area (TPSA) is 61.9 Å². The van der Waals surface area contributed by atoms with Gasteiger partial charge in [-0.3, -0.25) is 4.79 Å². The van der Waals surface area contributed by atoms with Crippen molar-refractivity contribution in [2.45, 2.75) is 34.1 Å². The number of amides is 3. The second kappa shape index (κ2) is 8.74. The van der Waals surface area contributed by atoms with E-state index in [2.05, 4.69) is 5.32 Å². The molecule has 1 aliphatic rings. The first-order valence-corrected chi connectivity index (χ1v) is 9.04. The smallest absolute Gasteiger partial charge is 0.317 e. The van der Waals surface area contributed by atoms with E-state index >= 15 is 0 Å². The van der Waals surface area contributed by atoms with Crippen molar-refractivity contribution < 1.29 is 14.3 Å². The second-order valence-electron chi connectivity index (χ2n) is 6.38. The van der Waals surface area contributed by atoms with Crippen molar-refractivity contribution in [2.75, 3.05) is 39.3 Å². The summed E-state index contributed by atoms with van der Waals surface area (Å²) in [5.41, 5.74) is 2.60. The van der Waals surface area contributed by atoms with Crippen LogP contribution in [-0.2, 0) is 0 Å². The molecule has 1 aromatic rings. The SMILES string of the molecule is CCCNC(=O)N1CCN(C(=O)c2cc(C)c(OCC)cc2C)CC1. The number of urea groups is 1. The minimum atomic E-state index is -0.0398. The lowest BCUT2D eigenvalue weighted by atomic mass is 10.0. The van der Waals surface area contributed by atoms with Crippen LogP contribution < -0.4 is 10.1 Å². The number of carbonyl (C=O) groups excluding carboxylic acids is 2. The minimum absolute atomic E-state index is 0.0252. The van der Waals surface area contributed by atoms with Crippen molar-refractivity contribution in [1.29, 1.82) is 0 Å². The van der Waals surface area contributed by atoms with Crippen LogP contribution in [0.15, 0.2) is 12.1 Å². The lowest BCUT2D eigenvalue weighted by Crippen LogP contribution is -2.53. The number of hydrogen-bond acceptors (Lipinski definition) is 3. The number of ether oxygens (including phenoxy) is 1. The number of benzene rings is 1. The molecule has 1 heterocycles. The zero-order valence-electron chi connectivity index (χ0n) is 15.7. The Hall–Kier alpha value is -2.24. The average Bonchev–Trinajstić information content (AvgIpc) is 2.62. The quantitative estimate of drug-likeness (QED) is 0.890. The third-order valence-corrected chi connectivity index (χ3v) is 4.43. The number of carbonyl (C=O) groups is 2. The highest BCUT2D eigenvalue weighted by Crippen LogP contribution is 2.24.